The number of benzene rings is 1. The van der Waals surface area contributed by atoms with Crippen LogP contribution in [-0.2, 0) is 10.0 Å². The van der Waals surface area contributed by atoms with Crippen LogP contribution < -0.4 is 0 Å². The molecule has 1 aromatic rings. The Hall–Kier alpha value is -1.40. The molecule has 0 aliphatic carbocycles. The van der Waals surface area contributed by atoms with Crippen LogP contribution in [0.4, 0.5) is 0 Å². The third kappa shape index (κ3) is 4.65. The monoisotopic (exact) mass is 380 g/mol. The molecule has 1 amide bonds. The van der Waals surface area contributed by atoms with E-state index in [4.69, 9.17) is 0 Å². The SMILES string of the molecule is CCCN(CCC)C(=O)c1ccc(S(=O)(=O)N2CCCCC2CC)cc1. The largest absolute Gasteiger partial charge is 0.339 e. The van der Waals surface area contributed by atoms with E-state index >= 15 is 0 Å². The first-order chi connectivity index (χ1) is 12.5. The molecule has 0 radical (unpaired) electrons. The Morgan fingerprint density at radius 2 is 1.69 bits per heavy atom. The third-order valence-corrected chi connectivity index (χ3v) is 6.99. The molecule has 26 heavy (non-hydrogen) atoms. The lowest BCUT2D eigenvalue weighted by atomic mass is 10.0. The maximum absolute atomic E-state index is 13.0. The van der Waals surface area contributed by atoms with Gasteiger partial charge in [0, 0.05) is 31.2 Å². The molecule has 1 aromatic carbocycles. The number of carbonyl (C=O) groups is 1. The van der Waals surface area contributed by atoms with Gasteiger partial charge in [0.15, 0.2) is 0 Å². The molecule has 0 aromatic heterocycles. The van der Waals surface area contributed by atoms with E-state index < -0.39 is 10.0 Å². The van der Waals surface area contributed by atoms with Crippen molar-refractivity contribution in [3.05, 3.63) is 29.8 Å². The number of hydrogen-bond donors (Lipinski definition) is 0. The van der Waals surface area contributed by atoms with Crippen molar-refractivity contribution in [2.75, 3.05) is 19.6 Å². The zero-order valence-electron chi connectivity index (χ0n) is 16.3. The lowest BCUT2D eigenvalue weighted by molar-refractivity contribution is 0.0755. The van der Waals surface area contributed by atoms with E-state index in [-0.39, 0.29) is 16.8 Å². The fourth-order valence-corrected chi connectivity index (χ4v) is 5.41. The van der Waals surface area contributed by atoms with Crippen molar-refractivity contribution in [2.45, 2.75) is 70.2 Å². The second-order valence-electron chi connectivity index (χ2n) is 6.99. The molecule has 1 saturated heterocycles. The normalized spacial score (nSPS) is 18.7. The summed E-state index contributed by atoms with van der Waals surface area (Å²) in [5, 5.41) is 0. The summed E-state index contributed by atoms with van der Waals surface area (Å²) in [5.41, 5.74) is 0.552. The quantitative estimate of drug-likeness (QED) is 0.687. The average Bonchev–Trinajstić information content (AvgIpc) is 2.67. The van der Waals surface area contributed by atoms with Crippen LogP contribution in [0.2, 0.25) is 0 Å². The van der Waals surface area contributed by atoms with Gasteiger partial charge in [0.05, 0.1) is 4.90 Å². The standard InChI is InChI=1S/C20H32N2O3S/c1-4-14-21(15-5-2)20(23)17-10-12-19(13-11-17)26(24,25)22-16-8-7-9-18(22)6-3/h10-13,18H,4-9,14-16H2,1-3H3. The average molecular weight is 381 g/mol. The summed E-state index contributed by atoms with van der Waals surface area (Å²) in [6.07, 6.45) is 5.57. The first-order valence-corrected chi connectivity index (χ1v) is 11.3. The minimum atomic E-state index is -3.50. The van der Waals surface area contributed by atoms with E-state index in [2.05, 4.69) is 0 Å². The summed E-state index contributed by atoms with van der Waals surface area (Å²) in [6, 6.07) is 6.55. The Bertz CT molecular complexity index is 680. The number of carbonyl (C=O) groups excluding carboxylic acids is 1. The van der Waals surface area contributed by atoms with Gasteiger partial charge in [-0.05, 0) is 56.4 Å². The first kappa shape index (κ1) is 20.9. The molecule has 5 nitrogen and oxygen atoms in total. The van der Waals surface area contributed by atoms with Gasteiger partial charge in [-0.1, -0.05) is 27.2 Å². The zero-order chi connectivity index (χ0) is 19.2. The zero-order valence-corrected chi connectivity index (χ0v) is 17.1. The second-order valence-corrected chi connectivity index (χ2v) is 8.88. The second kappa shape index (κ2) is 9.51. The molecule has 1 heterocycles. The van der Waals surface area contributed by atoms with E-state index in [9.17, 15) is 13.2 Å². The topological polar surface area (TPSA) is 57.7 Å². The first-order valence-electron chi connectivity index (χ1n) is 9.86. The van der Waals surface area contributed by atoms with Gasteiger partial charge in [-0.15, -0.1) is 0 Å². The minimum Gasteiger partial charge on any atom is -0.339 e. The number of nitrogens with zero attached hydrogens (tertiary/aromatic N) is 2. The molecule has 2 rings (SSSR count). The summed E-state index contributed by atoms with van der Waals surface area (Å²) in [6.45, 7) is 8.17. The molecule has 0 N–H and O–H groups in total. The molecular weight excluding hydrogens is 348 g/mol. The van der Waals surface area contributed by atoms with Crippen molar-refractivity contribution in [3.8, 4) is 0 Å². The van der Waals surface area contributed by atoms with Gasteiger partial charge in [-0.2, -0.15) is 4.31 Å². The molecule has 1 fully saturated rings. The van der Waals surface area contributed by atoms with Crippen molar-refractivity contribution in [3.63, 3.8) is 0 Å². The molecule has 146 valence electrons. The molecule has 6 heteroatoms. The van der Waals surface area contributed by atoms with Crippen LogP contribution in [-0.4, -0.2) is 49.2 Å². The Labute approximate surface area is 158 Å². The lowest BCUT2D eigenvalue weighted by Crippen LogP contribution is -2.43. The van der Waals surface area contributed by atoms with Gasteiger partial charge < -0.3 is 4.90 Å². The maximum atomic E-state index is 13.0. The van der Waals surface area contributed by atoms with Crippen molar-refractivity contribution in [1.29, 1.82) is 0 Å². The number of amides is 1. The highest BCUT2D eigenvalue weighted by Gasteiger charge is 2.32. The van der Waals surface area contributed by atoms with Gasteiger partial charge in [0.1, 0.15) is 0 Å². The molecular formula is C20H32N2O3S. The van der Waals surface area contributed by atoms with Crippen molar-refractivity contribution in [1.82, 2.24) is 9.21 Å². The number of rotatable bonds is 8. The highest BCUT2D eigenvalue weighted by Crippen LogP contribution is 2.27. The van der Waals surface area contributed by atoms with E-state index in [1.165, 1.54) is 0 Å². The smallest absolute Gasteiger partial charge is 0.253 e. The molecule has 0 spiro atoms. The molecule has 0 bridgehead atoms. The molecule has 1 aliphatic heterocycles. The number of piperidine rings is 1. The van der Waals surface area contributed by atoms with Crippen LogP contribution in [0, 0.1) is 0 Å². The number of sulfonamides is 1. The Kier molecular flexibility index (Phi) is 7.65. The van der Waals surface area contributed by atoms with Crippen LogP contribution in [0.1, 0.15) is 69.7 Å². The minimum absolute atomic E-state index is 0.0259. The van der Waals surface area contributed by atoms with Gasteiger partial charge in [-0.25, -0.2) is 8.42 Å². The van der Waals surface area contributed by atoms with E-state index in [0.717, 1.165) is 51.6 Å². The van der Waals surface area contributed by atoms with E-state index in [1.807, 2.05) is 25.7 Å². The Balaban J connectivity index is 2.21. The van der Waals surface area contributed by atoms with Crippen LogP contribution in [0.25, 0.3) is 0 Å². The van der Waals surface area contributed by atoms with Crippen LogP contribution in [0.3, 0.4) is 0 Å². The fourth-order valence-electron chi connectivity index (χ4n) is 3.64. The van der Waals surface area contributed by atoms with Crippen molar-refractivity contribution >= 4 is 15.9 Å². The fraction of sp³-hybridized carbons (Fsp3) is 0.650. The van der Waals surface area contributed by atoms with E-state index in [0.29, 0.717) is 12.1 Å². The molecule has 1 aliphatic rings. The molecule has 1 unspecified atom stereocenters. The lowest BCUT2D eigenvalue weighted by Gasteiger charge is -2.34. The predicted octanol–water partition coefficient (Wildman–Crippen LogP) is 3.90. The van der Waals surface area contributed by atoms with Gasteiger partial charge in [-0.3, -0.25) is 4.79 Å². The van der Waals surface area contributed by atoms with Crippen LogP contribution in [0.15, 0.2) is 29.2 Å². The highest BCUT2D eigenvalue weighted by atomic mass is 32.2. The maximum Gasteiger partial charge on any atom is 0.253 e. The highest BCUT2D eigenvalue weighted by molar-refractivity contribution is 7.89. The van der Waals surface area contributed by atoms with Crippen molar-refractivity contribution in [2.24, 2.45) is 0 Å². The van der Waals surface area contributed by atoms with Gasteiger partial charge in [0.25, 0.3) is 5.91 Å². The van der Waals surface area contributed by atoms with Crippen LogP contribution >= 0.6 is 0 Å². The Morgan fingerprint density at radius 3 is 2.23 bits per heavy atom. The summed E-state index contributed by atoms with van der Waals surface area (Å²) in [4.78, 5) is 14.8. The summed E-state index contributed by atoms with van der Waals surface area (Å²) in [7, 11) is -3.50. The van der Waals surface area contributed by atoms with Gasteiger partial charge in [0.2, 0.25) is 10.0 Å². The van der Waals surface area contributed by atoms with Crippen molar-refractivity contribution < 1.29 is 13.2 Å². The summed E-state index contributed by atoms with van der Waals surface area (Å²) in [5.74, 6) is -0.0259. The van der Waals surface area contributed by atoms with Gasteiger partial charge >= 0.3 is 0 Å². The van der Waals surface area contributed by atoms with E-state index in [1.54, 1.807) is 28.6 Å². The third-order valence-electron chi connectivity index (χ3n) is 5.03. The Morgan fingerprint density at radius 1 is 1.08 bits per heavy atom. The summed E-state index contributed by atoms with van der Waals surface area (Å²) < 4.78 is 27.7. The molecule has 0 saturated carbocycles. The van der Waals surface area contributed by atoms with Crippen LogP contribution in [0.5, 0.6) is 0 Å². The number of hydrogen-bond acceptors (Lipinski definition) is 3. The predicted molar refractivity (Wildman–Crippen MR) is 105 cm³/mol. The molecule has 1 atom stereocenters. The summed E-state index contributed by atoms with van der Waals surface area (Å²) >= 11 is 0.